The molecular weight excluding hydrogens is 238 g/mol. The standard InChI is InChI=1S/C16H25NO2/c1-15(2,3)12-8-11(10-17-19-7)9-13(14(12)18)16(4,5)6/h8-10,18H,1-7H3/b17-10-. The molecule has 19 heavy (non-hydrogen) atoms. The summed E-state index contributed by atoms with van der Waals surface area (Å²) in [4.78, 5) is 4.73. The molecule has 1 rings (SSSR count). The Morgan fingerprint density at radius 3 is 1.74 bits per heavy atom. The fourth-order valence-electron chi connectivity index (χ4n) is 1.99. The fraction of sp³-hybridized carbons (Fsp3) is 0.562. The van der Waals surface area contributed by atoms with Crippen LogP contribution in [0.25, 0.3) is 0 Å². The van der Waals surface area contributed by atoms with Crippen molar-refractivity contribution in [2.24, 2.45) is 5.16 Å². The number of phenols is 1. The number of phenolic OH excluding ortho intramolecular Hbond substituents is 1. The highest BCUT2D eigenvalue weighted by Crippen LogP contribution is 2.39. The zero-order valence-electron chi connectivity index (χ0n) is 13.0. The summed E-state index contributed by atoms with van der Waals surface area (Å²) in [7, 11) is 1.52. The van der Waals surface area contributed by atoms with Gasteiger partial charge >= 0.3 is 0 Å². The number of rotatable bonds is 2. The van der Waals surface area contributed by atoms with Crippen LogP contribution in [0.1, 0.15) is 58.2 Å². The molecule has 1 N–H and O–H groups in total. The first-order valence-corrected chi connectivity index (χ1v) is 6.52. The van der Waals surface area contributed by atoms with Gasteiger partial charge in [-0.05, 0) is 28.5 Å². The first-order valence-electron chi connectivity index (χ1n) is 6.52. The van der Waals surface area contributed by atoms with Crippen molar-refractivity contribution in [3.8, 4) is 5.75 Å². The molecular formula is C16H25NO2. The minimum Gasteiger partial charge on any atom is -0.507 e. The van der Waals surface area contributed by atoms with Gasteiger partial charge in [0.1, 0.15) is 12.9 Å². The van der Waals surface area contributed by atoms with Crippen LogP contribution in [-0.4, -0.2) is 18.4 Å². The van der Waals surface area contributed by atoms with E-state index in [1.807, 2.05) is 12.1 Å². The van der Waals surface area contributed by atoms with Gasteiger partial charge in [0.25, 0.3) is 0 Å². The zero-order chi connectivity index (χ0) is 14.8. The van der Waals surface area contributed by atoms with Gasteiger partial charge in [0.2, 0.25) is 0 Å². The molecule has 0 saturated carbocycles. The maximum atomic E-state index is 10.5. The predicted molar refractivity (Wildman–Crippen MR) is 80.1 cm³/mol. The lowest BCUT2D eigenvalue weighted by molar-refractivity contribution is 0.215. The maximum Gasteiger partial charge on any atom is 0.123 e. The highest BCUT2D eigenvalue weighted by atomic mass is 16.6. The second-order valence-electron chi connectivity index (χ2n) is 6.88. The SMILES string of the molecule is CO/N=C\c1cc(C(C)(C)C)c(O)c(C(C)(C)C)c1. The molecule has 0 heterocycles. The van der Waals surface area contributed by atoms with E-state index in [9.17, 15) is 5.11 Å². The van der Waals surface area contributed by atoms with Crippen LogP contribution in [-0.2, 0) is 15.7 Å². The summed E-state index contributed by atoms with van der Waals surface area (Å²) in [5, 5.41) is 14.3. The second-order valence-corrected chi connectivity index (χ2v) is 6.88. The van der Waals surface area contributed by atoms with Gasteiger partial charge in [0.15, 0.2) is 0 Å². The average Bonchev–Trinajstić information content (AvgIpc) is 2.24. The first kappa shape index (κ1) is 15.5. The Balaban J connectivity index is 3.52. The predicted octanol–water partition coefficient (Wildman–Crippen LogP) is 3.97. The Morgan fingerprint density at radius 1 is 1.00 bits per heavy atom. The highest BCUT2D eigenvalue weighted by Gasteiger charge is 2.26. The van der Waals surface area contributed by atoms with Crippen molar-refractivity contribution in [1.29, 1.82) is 0 Å². The van der Waals surface area contributed by atoms with E-state index in [0.717, 1.165) is 16.7 Å². The Kier molecular flexibility index (Phi) is 4.28. The Hall–Kier alpha value is -1.51. The van der Waals surface area contributed by atoms with Gasteiger partial charge in [0.05, 0.1) is 6.21 Å². The van der Waals surface area contributed by atoms with Crippen LogP contribution in [0, 0.1) is 0 Å². The molecule has 0 aliphatic carbocycles. The van der Waals surface area contributed by atoms with E-state index in [1.165, 1.54) is 7.11 Å². The summed E-state index contributed by atoms with van der Waals surface area (Å²) in [5.41, 5.74) is 2.55. The van der Waals surface area contributed by atoms with E-state index in [0.29, 0.717) is 5.75 Å². The molecule has 0 aliphatic heterocycles. The minimum atomic E-state index is -0.124. The number of hydrogen-bond donors (Lipinski definition) is 1. The van der Waals surface area contributed by atoms with Gasteiger partial charge < -0.3 is 9.94 Å². The molecule has 0 radical (unpaired) electrons. The normalized spacial score (nSPS) is 13.0. The van der Waals surface area contributed by atoms with Crippen LogP contribution < -0.4 is 0 Å². The number of oxime groups is 1. The molecule has 3 nitrogen and oxygen atoms in total. The molecule has 0 spiro atoms. The molecule has 0 fully saturated rings. The Bertz CT molecular complexity index is 441. The van der Waals surface area contributed by atoms with Crippen molar-refractivity contribution in [2.75, 3.05) is 7.11 Å². The number of aromatic hydroxyl groups is 1. The highest BCUT2D eigenvalue weighted by molar-refractivity contribution is 5.81. The van der Waals surface area contributed by atoms with Crippen molar-refractivity contribution in [3.05, 3.63) is 28.8 Å². The molecule has 3 heteroatoms. The zero-order valence-corrected chi connectivity index (χ0v) is 13.0. The Morgan fingerprint density at radius 2 is 1.42 bits per heavy atom. The van der Waals surface area contributed by atoms with Gasteiger partial charge in [-0.1, -0.05) is 46.7 Å². The van der Waals surface area contributed by atoms with Crippen molar-refractivity contribution < 1.29 is 9.94 Å². The maximum absolute atomic E-state index is 10.5. The Labute approximate surface area is 116 Å². The number of hydrogen-bond acceptors (Lipinski definition) is 3. The van der Waals surface area contributed by atoms with E-state index < -0.39 is 0 Å². The van der Waals surface area contributed by atoms with Crippen molar-refractivity contribution >= 4 is 6.21 Å². The van der Waals surface area contributed by atoms with Crippen molar-refractivity contribution in [2.45, 2.75) is 52.4 Å². The molecule has 1 aromatic carbocycles. The minimum absolute atomic E-state index is 0.124. The summed E-state index contributed by atoms with van der Waals surface area (Å²) in [6.07, 6.45) is 1.67. The van der Waals surface area contributed by atoms with E-state index in [-0.39, 0.29) is 10.8 Å². The molecule has 0 atom stereocenters. The van der Waals surface area contributed by atoms with E-state index in [2.05, 4.69) is 46.7 Å². The van der Waals surface area contributed by atoms with Crippen molar-refractivity contribution in [1.82, 2.24) is 0 Å². The molecule has 106 valence electrons. The van der Waals surface area contributed by atoms with Crippen LogP contribution in [0.3, 0.4) is 0 Å². The number of nitrogens with zero attached hydrogens (tertiary/aromatic N) is 1. The largest absolute Gasteiger partial charge is 0.507 e. The summed E-state index contributed by atoms with van der Waals surface area (Å²) in [6, 6.07) is 3.93. The molecule has 0 saturated heterocycles. The molecule has 0 bridgehead atoms. The van der Waals surface area contributed by atoms with Gasteiger partial charge in [-0.2, -0.15) is 0 Å². The second kappa shape index (κ2) is 5.24. The van der Waals surface area contributed by atoms with E-state index >= 15 is 0 Å². The number of benzene rings is 1. The van der Waals surface area contributed by atoms with Crippen LogP contribution in [0.4, 0.5) is 0 Å². The molecule has 0 amide bonds. The van der Waals surface area contributed by atoms with Gasteiger partial charge in [-0.25, -0.2) is 0 Å². The molecule has 1 aromatic rings. The quantitative estimate of drug-likeness (QED) is 0.648. The monoisotopic (exact) mass is 263 g/mol. The lowest BCUT2D eigenvalue weighted by Crippen LogP contribution is -2.17. The van der Waals surface area contributed by atoms with E-state index in [1.54, 1.807) is 6.21 Å². The third-order valence-corrected chi connectivity index (χ3v) is 3.06. The molecule has 0 aromatic heterocycles. The van der Waals surface area contributed by atoms with Gasteiger partial charge in [-0.3, -0.25) is 0 Å². The third kappa shape index (κ3) is 3.72. The summed E-state index contributed by atoms with van der Waals surface area (Å²) >= 11 is 0. The van der Waals surface area contributed by atoms with Gasteiger partial charge in [0, 0.05) is 11.1 Å². The lowest BCUT2D eigenvalue weighted by Gasteiger charge is -2.27. The van der Waals surface area contributed by atoms with E-state index in [4.69, 9.17) is 4.84 Å². The summed E-state index contributed by atoms with van der Waals surface area (Å²) in [5.74, 6) is 0.384. The fourth-order valence-corrected chi connectivity index (χ4v) is 1.99. The van der Waals surface area contributed by atoms with Gasteiger partial charge in [-0.15, -0.1) is 0 Å². The van der Waals surface area contributed by atoms with Crippen LogP contribution in [0.5, 0.6) is 5.75 Å². The topological polar surface area (TPSA) is 41.8 Å². The van der Waals surface area contributed by atoms with Crippen molar-refractivity contribution in [3.63, 3.8) is 0 Å². The average molecular weight is 263 g/mol. The van der Waals surface area contributed by atoms with Crippen LogP contribution >= 0.6 is 0 Å². The summed E-state index contributed by atoms with van der Waals surface area (Å²) < 4.78 is 0. The molecule has 0 unspecified atom stereocenters. The lowest BCUT2D eigenvalue weighted by atomic mass is 9.78. The van der Waals surface area contributed by atoms with Crippen LogP contribution in [0.15, 0.2) is 17.3 Å². The summed E-state index contributed by atoms with van der Waals surface area (Å²) in [6.45, 7) is 12.5. The molecule has 0 aliphatic rings. The third-order valence-electron chi connectivity index (χ3n) is 3.06. The smallest absolute Gasteiger partial charge is 0.123 e. The van der Waals surface area contributed by atoms with Crippen LogP contribution in [0.2, 0.25) is 0 Å². The first-order chi connectivity index (χ1) is 8.57.